The second-order valence-corrected chi connectivity index (χ2v) is 6.19. The van der Waals surface area contributed by atoms with Gasteiger partial charge in [-0.2, -0.15) is 0 Å². The van der Waals surface area contributed by atoms with Crippen LogP contribution in [0.3, 0.4) is 0 Å². The molecule has 1 aromatic rings. The number of amides is 1. The predicted molar refractivity (Wildman–Crippen MR) is 85.3 cm³/mol. The third kappa shape index (κ3) is 4.09. The molecular formula is C18H25NO3. The Morgan fingerprint density at radius 3 is 2.68 bits per heavy atom. The summed E-state index contributed by atoms with van der Waals surface area (Å²) in [6, 6.07) is 10.0. The number of ether oxygens (including phenoxy) is 1. The average molecular weight is 303 g/mol. The number of rotatable bonds is 5. The van der Waals surface area contributed by atoms with Crippen molar-refractivity contribution in [3.8, 4) is 0 Å². The van der Waals surface area contributed by atoms with E-state index >= 15 is 0 Å². The first-order valence-electron chi connectivity index (χ1n) is 8.04. The molecule has 0 radical (unpaired) electrons. The van der Waals surface area contributed by atoms with Crippen LogP contribution in [0.2, 0.25) is 0 Å². The van der Waals surface area contributed by atoms with Crippen LogP contribution >= 0.6 is 0 Å². The standard InChI is InChI=1S/C18H25NO3/c1-3-22-17(21)18(2)12-7-13-19(14-18)16(20)11-10-15-8-5-4-6-9-15/h4-6,8-9H,3,7,10-14H2,1-2H3. The van der Waals surface area contributed by atoms with Crippen LogP contribution in [-0.4, -0.2) is 36.5 Å². The summed E-state index contributed by atoms with van der Waals surface area (Å²) in [5.74, 6) is -0.0605. The molecule has 4 heteroatoms. The molecule has 0 saturated carbocycles. The van der Waals surface area contributed by atoms with E-state index in [0.29, 0.717) is 19.6 Å². The number of hydrogen-bond donors (Lipinski definition) is 0. The van der Waals surface area contributed by atoms with Crippen LogP contribution in [0.1, 0.15) is 38.7 Å². The van der Waals surface area contributed by atoms with Gasteiger partial charge >= 0.3 is 5.97 Å². The monoisotopic (exact) mass is 303 g/mol. The SMILES string of the molecule is CCOC(=O)C1(C)CCCN(C(=O)CCc2ccccc2)C1. The summed E-state index contributed by atoms with van der Waals surface area (Å²) in [7, 11) is 0. The van der Waals surface area contributed by atoms with Gasteiger partial charge in [0.2, 0.25) is 5.91 Å². The molecular weight excluding hydrogens is 278 g/mol. The van der Waals surface area contributed by atoms with Crippen molar-refractivity contribution in [2.75, 3.05) is 19.7 Å². The number of likely N-dealkylation sites (tertiary alicyclic amines) is 1. The second kappa shape index (κ2) is 7.43. The molecule has 22 heavy (non-hydrogen) atoms. The van der Waals surface area contributed by atoms with E-state index in [4.69, 9.17) is 4.74 Å². The Morgan fingerprint density at radius 1 is 1.27 bits per heavy atom. The summed E-state index contributed by atoms with van der Waals surface area (Å²) in [6.07, 6.45) is 2.87. The van der Waals surface area contributed by atoms with E-state index in [9.17, 15) is 9.59 Å². The quantitative estimate of drug-likeness (QED) is 0.786. The largest absolute Gasteiger partial charge is 0.466 e. The van der Waals surface area contributed by atoms with Crippen molar-refractivity contribution >= 4 is 11.9 Å². The van der Waals surface area contributed by atoms with E-state index in [-0.39, 0.29) is 11.9 Å². The molecule has 4 nitrogen and oxygen atoms in total. The summed E-state index contributed by atoms with van der Waals surface area (Å²) in [5.41, 5.74) is 0.609. The molecule has 0 bridgehead atoms. The number of piperidine rings is 1. The van der Waals surface area contributed by atoms with Gasteiger partial charge in [0, 0.05) is 19.5 Å². The van der Waals surface area contributed by atoms with Gasteiger partial charge in [-0.3, -0.25) is 9.59 Å². The van der Waals surface area contributed by atoms with E-state index < -0.39 is 5.41 Å². The summed E-state index contributed by atoms with van der Waals surface area (Å²) in [5, 5.41) is 0. The first-order chi connectivity index (χ1) is 10.5. The van der Waals surface area contributed by atoms with Crippen molar-refractivity contribution in [2.45, 2.75) is 39.5 Å². The van der Waals surface area contributed by atoms with Crippen LogP contribution in [0.5, 0.6) is 0 Å². The van der Waals surface area contributed by atoms with Crippen LogP contribution in [-0.2, 0) is 20.7 Å². The molecule has 1 fully saturated rings. The zero-order chi connectivity index (χ0) is 16.0. The molecule has 1 amide bonds. The van der Waals surface area contributed by atoms with E-state index in [1.165, 1.54) is 5.56 Å². The minimum absolute atomic E-state index is 0.124. The summed E-state index contributed by atoms with van der Waals surface area (Å²) in [6.45, 7) is 5.31. The lowest BCUT2D eigenvalue weighted by atomic mass is 9.82. The summed E-state index contributed by atoms with van der Waals surface area (Å²) < 4.78 is 5.16. The molecule has 120 valence electrons. The van der Waals surface area contributed by atoms with Crippen LogP contribution in [0.25, 0.3) is 0 Å². The lowest BCUT2D eigenvalue weighted by molar-refractivity contribution is -0.159. The first kappa shape index (κ1) is 16.5. The Kier molecular flexibility index (Phi) is 5.58. The van der Waals surface area contributed by atoms with Crippen molar-refractivity contribution in [3.63, 3.8) is 0 Å². The molecule has 0 N–H and O–H groups in total. The highest BCUT2D eigenvalue weighted by Gasteiger charge is 2.40. The maximum Gasteiger partial charge on any atom is 0.313 e. The number of carbonyl (C=O) groups is 2. The lowest BCUT2D eigenvalue weighted by Crippen LogP contribution is -2.49. The van der Waals surface area contributed by atoms with Crippen LogP contribution in [0.15, 0.2) is 30.3 Å². The zero-order valence-electron chi connectivity index (χ0n) is 13.5. The first-order valence-corrected chi connectivity index (χ1v) is 8.04. The molecule has 0 aromatic heterocycles. The van der Waals surface area contributed by atoms with Crippen LogP contribution in [0.4, 0.5) is 0 Å². The third-order valence-corrected chi connectivity index (χ3v) is 4.29. The van der Waals surface area contributed by atoms with E-state index in [2.05, 4.69) is 0 Å². The predicted octanol–water partition coefficient (Wildman–Crippen LogP) is 2.81. The molecule has 1 heterocycles. The Balaban J connectivity index is 1.91. The lowest BCUT2D eigenvalue weighted by Gasteiger charge is -2.38. The van der Waals surface area contributed by atoms with Gasteiger partial charge < -0.3 is 9.64 Å². The van der Waals surface area contributed by atoms with Gasteiger partial charge in [-0.15, -0.1) is 0 Å². The minimum Gasteiger partial charge on any atom is -0.466 e. The molecule has 1 aliphatic rings. The molecule has 0 aliphatic carbocycles. The molecule has 1 atom stereocenters. The number of esters is 1. The van der Waals surface area contributed by atoms with Gasteiger partial charge in [-0.05, 0) is 38.7 Å². The zero-order valence-corrected chi connectivity index (χ0v) is 13.5. The molecule has 1 aromatic carbocycles. The second-order valence-electron chi connectivity index (χ2n) is 6.19. The summed E-state index contributed by atoms with van der Waals surface area (Å²) >= 11 is 0. The van der Waals surface area contributed by atoms with E-state index in [1.807, 2.05) is 49.1 Å². The maximum atomic E-state index is 12.4. The Bertz CT molecular complexity index is 514. The van der Waals surface area contributed by atoms with Crippen LogP contribution in [0, 0.1) is 5.41 Å². The van der Waals surface area contributed by atoms with Gasteiger partial charge in [0.05, 0.1) is 12.0 Å². The molecule has 2 rings (SSSR count). The smallest absolute Gasteiger partial charge is 0.313 e. The van der Waals surface area contributed by atoms with Crippen molar-refractivity contribution in [1.82, 2.24) is 4.90 Å². The topological polar surface area (TPSA) is 46.6 Å². The Labute approximate surface area is 132 Å². The number of aryl methyl sites for hydroxylation is 1. The fourth-order valence-corrected chi connectivity index (χ4v) is 2.98. The Hall–Kier alpha value is -1.84. The van der Waals surface area contributed by atoms with E-state index in [1.54, 1.807) is 0 Å². The normalized spacial score (nSPS) is 21.5. The summed E-state index contributed by atoms with van der Waals surface area (Å²) in [4.78, 5) is 26.3. The molecule has 1 unspecified atom stereocenters. The van der Waals surface area contributed by atoms with Gasteiger partial charge in [0.25, 0.3) is 0 Å². The fraction of sp³-hybridized carbons (Fsp3) is 0.556. The Morgan fingerprint density at radius 2 is 2.00 bits per heavy atom. The molecule has 1 aliphatic heterocycles. The highest BCUT2D eigenvalue weighted by Crippen LogP contribution is 2.31. The van der Waals surface area contributed by atoms with Gasteiger partial charge in [0.15, 0.2) is 0 Å². The van der Waals surface area contributed by atoms with Gasteiger partial charge in [-0.1, -0.05) is 30.3 Å². The fourth-order valence-electron chi connectivity index (χ4n) is 2.98. The van der Waals surface area contributed by atoms with Gasteiger partial charge in [-0.25, -0.2) is 0 Å². The van der Waals surface area contributed by atoms with Crippen molar-refractivity contribution < 1.29 is 14.3 Å². The minimum atomic E-state index is -0.559. The van der Waals surface area contributed by atoms with Crippen LogP contribution < -0.4 is 0 Å². The number of hydrogen-bond acceptors (Lipinski definition) is 3. The highest BCUT2D eigenvalue weighted by molar-refractivity contribution is 5.80. The average Bonchev–Trinajstić information content (AvgIpc) is 2.54. The van der Waals surface area contributed by atoms with Crippen molar-refractivity contribution in [2.24, 2.45) is 5.41 Å². The third-order valence-electron chi connectivity index (χ3n) is 4.29. The number of benzene rings is 1. The highest BCUT2D eigenvalue weighted by atomic mass is 16.5. The molecule has 1 saturated heterocycles. The molecule has 0 spiro atoms. The maximum absolute atomic E-state index is 12.4. The van der Waals surface area contributed by atoms with Crippen molar-refractivity contribution in [1.29, 1.82) is 0 Å². The number of nitrogens with zero attached hydrogens (tertiary/aromatic N) is 1. The van der Waals surface area contributed by atoms with Crippen molar-refractivity contribution in [3.05, 3.63) is 35.9 Å². The van der Waals surface area contributed by atoms with Gasteiger partial charge in [0.1, 0.15) is 0 Å². The number of carbonyl (C=O) groups excluding carboxylic acids is 2. The van der Waals surface area contributed by atoms with E-state index in [0.717, 1.165) is 25.8 Å².